The SMILES string of the molecule is CCB(CC)C1=[C](C(C)(C)C)[Sn]([CH3])([CH3])[C](C(C)(C)C)=C1CC. The molecule has 0 aromatic rings. The van der Waals surface area contributed by atoms with Gasteiger partial charge in [-0.25, -0.2) is 0 Å². The predicted molar refractivity (Wildman–Crippen MR) is 107 cm³/mol. The van der Waals surface area contributed by atoms with Crippen molar-refractivity contribution in [1.82, 2.24) is 0 Å². The van der Waals surface area contributed by atoms with Gasteiger partial charge in [-0.3, -0.25) is 0 Å². The quantitative estimate of drug-likeness (QED) is 0.441. The number of hydrogen-bond acceptors (Lipinski definition) is 0. The van der Waals surface area contributed by atoms with E-state index in [-0.39, 0.29) is 0 Å². The fraction of sp³-hybridized carbons (Fsp3) is 0.800. The molecule has 0 amide bonds. The van der Waals surface area contributed by atoms with Crippen molar-refractivity contribution in [3.05, 3.63) is 18.2 Å². The zero-order valence-electron chi connectivity index (χ0n) is 17.2. The second kappa shape index (κ2) is 6.69. The molecular formula is C20H39BSn. The third kappa shape index (κ3) is 3.54. The first-order chi connectivity index (χ1) is 9.83. The van der Waals surface area contributed by atoms with Crippen LogP contribution in [0.4, 0.5) is 0 Å². The van der Waals surface area contributed by atoms with Gasteiger partial charge >= 0.3 is 145 Å². The summed E-state index contributed by atoms with van der Waals surface area (Å²) < 4.78 is 3.81. The van der Waals surface area contributed by atoms with Gasteiger partial charge in [0.25, 0.3) is 0 Å². The van der Waals surface area contributed by atoms with E-state index in [1.807, 2.05) is 12.7 Å². The Kier molecular flexibility index (Phi) is 6.20. The molecule has 0 fully saturated rings. The Bertz CT molecular complexity index is 477. The molecule has 0 saturated carbocycles. The molecule has 1 rings (SSSR count). The molecule has 2 heteroatoms. The minimum absolute atomic E-state index is 0.324. The number of rotatable bonds is 4. The van der Waals surface area contributed by atoms with Gasteiger partial charge in [-0.05, 0) is 0 Å². The van der Waals surface area contributed by atoms with E-state index < -0.39 is 18.4 Å². The van der Waals surface area contributed by atoms with Crippen LogP contribution in [0.15, 0.2) is 18.2 Å². The maximum absolute atomic E-state index is 2.68. The molecule has 0 spiro atoms. The van der Waals surface area contributed by atoms with Crippen molar-refractivity contribution >= 4 is 25.1 Å². The Morgan fingerprint density at radius 3 is 1.45 bits per heavy atom. The van der Waals surface area contributed by atoms with Crippen molar-refractivity contribution in [2.45, 2.75) is 91.3 Å². The normalized spacial score (nSPS) is 19.2. The second-order valence-electron chi connectivity index (χ2n) is 9.63. The Balaban J connectivity index is 3.79. The first-order valence-electron chi connectivity index (χ1n) is 9.33. The van der Waals surface area contributed by atoms with Crippen LogP contribution in [0.1, 0.15) is 68.7 Å². The summed E-state index contributed by atoms with van der Waals surface area (Å²) in [5, 5.41) is 0. The van der Waals surface area contributed by atoms with Crippen LogP contribution in [-0.4, -0.2) is 25.1 Å². The van der Waals surface area contributed by atoms with Gasteiger partial charge in [0.15, 0.2) is 0 Å². The Morgan fingerprint density at radius 2 is 1.18 bits per heavy atom. The molecule has 0 aliphatic carbocycles. The van der Waals surface area contributed by atoms with E-state index >= 15 is 0 Å². The average Bonchev–Trinajstić information content (AvgIpc) is 2.57. The monoisotopic (exact) mass is 410 g/mol. The summed E-state index contributed by atoms with van der Waals surface area (Å²) in [6.45, 7) is 22.6. The standard InChI is InChI=1S/C18H33B.2CH3.Sn/c1-10-15(13-17(4,5)6)16(14-18(7,8)9)19(11-2)12-3;;;/h10-12H2,1-9H3;2*1H3;. The molecule has 0 N–H and O–H groups in total. The van der Waals surface area contributed by atoms with E-state index in [0.717, 1.165) is 6.71 Å². The van der Waals surface area contributed by atoms with Crippen LogP contribution in [0.5, 0.6) is 0 Å². The van der Waals surface area contributed by atoms with E-state index in [1.165, 1.54) is 19.1 Å². The Hall–Kier alpha value is 0.344. The molecule has 0 bridgehead atoms. The minimum atomic E-state index is -2.44. The van der Waals surface area contributed by atoms with Crippen LogP contribution in [0.3, 0.4) is 0 Å². The van der Waals surface area contributed by atoms with Crippen molar-refractivity contribution in [2.75, 3.05) is 0 Å². The summed E-state index contributed by atoms with van der Waals surface area (Å²) in [4.78, 5) is 5.36. The molecule has 0 nitrogen and oxygen atoms in total. The number of hydrogen-bond donors (Lipinski definition) is 0. The first kappa shape index (κ1) is 20.4. The van der Waals surface area contributed by atoms with Gasteiger partial charge < -0.3 is 0 Å². The van der Waals surface area contributed by atoms with E-state index in [4.69, 9.17) is 0 Å². The molecule has 0 saturated heterocycles. The Morgan fingerprint density at radius 1 is 0.773 bits per heavy atom. The topological polar surface area (TPSA) is 0 Å². The van der Waals surface area contributed by atoms with Crippen LogP contribution in [0.2, 0.25) is 22.5 Å². The molecule has 0 unspecified atom stereocenters. The summed E-state index contributed by atoms with van der Waals surface area (Å²) in [6, 6.07) is 0. The van der Waals surface area contributed by atoms with Gasteiger partial charge in [0.05, 0.1) is 0 Å². The zero-order valence-corrected chi connectivity index (χ0v) is 20.1. The van der Waals surface area contributed by atoms with Crippen molar-refractivity contribution in [1.29, 1.82) is 0 Å². The van der Waals surface area contributed by atoms with Crippen LogP contribution in [-0.2, 0) is 0 Å². The van der Waals surface area contributed by atoms with Crippen molar-refractivity contribution < 1.29 is 0 Å². The van der Waals surface area contributed by atoms with Gasteiger partial charge in [-0.1, -0.05) is 0 Å². The molecule has 1 aliphatic heterocycles. The van der Waals surface area contributed by atoms with E-state index in [9.17, 15) is 0 Å². The maximum atomic E-state index is 2.68. The molecule has 22 heavy (non-hydrogen) atoms. The van der Waals surface area contributed by atoms with E-state index in [0.29, 0.717) is 10.8 Å². The predicted octanol–water partition coefficient (Wildman–Crippen LogP) is 6.96. The van der Waals surface area contributed by atoms with Gasteiger partial charge in [0.1, 0.15) is 0 Å². The molecular weight excluding hydrogens is 370 g/mol. The van der Waals surface area contributed by atoms with Gasteiger partial charge in [0, 0.05) is 0 Å². The van der Waals surface area contributed by atoms with Crippen LogP contribution in [0, 0.1) is 10.8 Å². The van der Waals surface area contributed by atoms with Crippen LogP contribution in [0.25, 0.3) is 0 Å². The Labute approximate surface area is 145 Å². The third-order valence-corrected chi connectivity index (χ3v) is 18.4. The number of allylic oxidation sites excluding steroid dienone is 4. The van der Waals surface area contributed by atoms with E-state index in [2.05, 4.69) is 72.2 Å². The van der Waals surface area contributed by atoms with Crippen LogP contribution >= 0.6 is 0 Å². The second-order valence-corrected chi connectivity index (χ2v) is 21.8. The van der Waals surface area contributed by atoms with Gasteiger partial charge in [-0.2, -0.15) is 0 Å². The summed E-state index contributed by atoms with van der Waals surface area (Å²) >= 11 is -2.44. The molecule has 1 heterocycles. The fourth-order valence-corrected chi connectivity index (χ4v) is 22.8. The van der Waals surface area contributed by atoms with Crippen molar-refractivity contribution in [3.8, 4) is 0 Å². The fourth-order valence-electron chi connectivity index (χ4n) is 5.37. The molecule has 0 aromatic carbocycles. The molecule has 0 radical (unpaired) electrons. The summed E-state index contributed by atoms with van der Waals surface area (Å²) in [5.74, 6) is 0. The molecule has 1 aliphatic rings. The summed E-state index contributed by atoms with van der Waals surface area (Å²) in [7, 11) is 0. The summed E-state index contributed by atoms with van der Waals surface area (Å²) in [6.07, 6.45) is 3.79. The van der Waals surface area contributed by atoms with Crippen LogP contribution < -0.4 is 0 Å². The van der Waals surface area contributed by atoms with Crippen molar-refractivity contribution in [2.24, 2.45) is 10.8 Å². The first-order valence-corrected chi connectivity index (χ1v) is 17.9. The average molecular weight is 409 g/mol. The van der Waals surface area contributed by atoms with E-state index in [1.54, 1.807) is 5.57 Å². The van der Waals surface area contributed by atoms with Gasteiger partial charge in [-0.15, -0.1) is 0 Å². The van der Waals surface area contributed by atoms with Crippen molar-refractivity contribution in [3.63, 3.8) is 0 Å². The molecule has 0 aromatic heterocycles. The summed E-state index contributed by atoms with van der Waals surface area (Å²) in [5.41, 5.74) is 4.23. The zero-order chi connectivity index (χ0) is 17.5. The third-order valence-electron chi connectivity index (χ3n) is 5.39. The molecule has 126 valence electrons. The van der Waals surface area contributed by atoms with Gasteiger partial charge in [0.2, 0.25) is 0 Å². The molecule has 0 atom stereocenters.